The zero-order valence-electron chi connectivity index (χ0n) is 10.5. The molecule has 0 aliphatic carbocycles. The molecule has 1 aromatic heterocycles. The predicted molar refractivity (Wildman–Crippen MR) is 66.7 cm³/mol. The highest BCUT2D eigenvalue weighted by Crippen LogP contribution is 2.15. The summed E-state index contributed by atoms with van der Waals surface area (Å²) in [5, 5.41) is 2.90. The van der Waals surface area contributed by atoms with Crippen molar-refractivity contribution in [2.75, 3.05) is 26.9 Å². The van der Waals surface area contributed by atoms with Gasteiger partial charge >= 0.3 is 0 Å². The minimum Gasteiger partial charge on any atom is -0.481 e. The summed E-state index contributed by atoms with van der Waals surface area (Å²) in [6, 6.07) is 3.31. The molecule has 0 bridgehead atoms. The SMILES string of the molecule is COc1cc(C(=O)NCC[C@H]2CCOC2)ccn1. The van der Waals surface area contributed by atoms with Crippen LogP contribution in [0.15, 0.2) is 18.3 Å². The Morgan fingerprint density at radius 1 is 1.67 bits per heavy atom. The number of pyridine rings is 1. The second-order valence-electron chi connectivity index (χ2n) is 4.36. The van der Waals surface area contributed by atoms with Gasteiger partial charge < -0.3 is 14.8 Å². The molecular formula is C13H18N2O3. The van der Waals surface area contributed by atoms with Gasteiger partial charge in [0.25, 0.3) is 5.91 Å². The first kappa shape index (κ1) is 12.8. The molecule has 0 aromatic carbocycles. The maximum absolute atomic E-state index is 11.9. The number of hydrogen-bond acceptors (Lipinski definition) is 4. The highest BCUT2D eigenvalue weighted by molar-refractivity contribution is 5.94. The van der Waals surface area contributed by atoms with Gasteiger partial charge in [-0.1, -0.05) is 0 Å². The number of nitrogens with one attached hydrogen (secondary N) is 1. The Morgan fingerprint density at radius 3 is 3.28 bits per heavy atom. The van der Waals surface area contributed by atoms with Crippen LogP contribution in [0.3, 0.4) is 0 Å². The van der Waals surface area contributed by atoms with Crippen molar-refractivity contribution >= 4 is 5.91 Å². The van der Waals surface area contributed by atoms with E-state index in [0.29, 0.717) is 23.9 Å². The summed E-state index contributed by atoms with van der Waals surface area (Å²) in [5.74, 6) is 0.943. The van der Waals surface area contributed by atoms with Gasteiger partial charge in [-0.2, -0.15) is 0 Å². The van der Waals surface area contributed by atoms with Gasteiger partial charge in [-0.05, 0) is 24.8 Å². The van der Waals surface area contributed by atoms with Gasteiger partial charge in [0.1, 0.15) is 0 Å². The van der Waals surface area contributed by atoms with Crippen LogP contribution in [0, 0.1) is 5.92 Å². The van der Waals surface area contributed by atoms with Crippen LogP contribution in [0.1, 0.15) is 23.2 Å². The van der Waals surface area contributed by atoms with Gasteiger partial charge in [0.2, 0.25) is 5.88 Å². The third-order valence-electron chi connectivity index (χ3n) is 3.07. The average molecular weight is 250 g/mol. The summed E-state index contributed by atoms with van der Waals surface area (Å²) in [7, 11) is 1.53. The van der Waals surface area contributed by atoms with Crippen molar-refractivity contribution in [1.82, 2.24) is 10.3 Å². The van der Waals surface area contributed by atoms with E-state index in [9.17, 15) is 4.79 Å². The van der Waals surface area contributed by atoms with Crippen molar-refractivity contribution in [3.63, 3.8) is 0 Å². The van der Waals surface area contributed by atoms with E-state index < -0.39 is 0 Å². The lowest BCUT2D eigenvalue weighted by Gasteiger charge is -2.09. The van der Waals surface area contributed by atoms with Crippen molar-refractivity contribution in [2.24, 2.45) is 5.92 Å². The van der Waals surface area contributed by atoms with E-state index in [-0.39, 0.29) is 5.91 Å². The van der Waals surface area contributed by atoms with Gasteiger partial charge in [-0.3, -0.25) is 4.79 Å². The Hall–Kier alpha value is -1.62. The fraction of sp³-hybridized carbons (Fsp3) is 0.538. The van der Waals surface area contributed by atoms with Crippen molar-refractivity contribution in [2.45, 2.75) is 12.8 Å². The molecule has 1 aromatic rings. The molecule has 1 aliphatic rings. The molecule has 0 spiro atoms. The molecular weight excluding hydrogens is 232 g/mol. The van der Waals surface area contributed by atoms with Crippen molar-refractivity contribution in [3.05, 3.63) is 23.9 Å². The average Bonchev–Trinajstić information content (AvgIpc) is 2.92. The molecule has 0 saturated carbocycles. The van der Waals surface area contributed by atoms with E-state index in [1.165, 1.54) is 7.11 Å². The van der Waals surface area contributed by atoms with E-state index in [2.05, 4.69) is 10.3 Å². The maximum Gasteiger partial charge on any atom is 0.251 e. The standard InChI is InChI=1S/C13H18N2O3/c1-17-12-8-11(3-6-14-12)13(16)15-5-2-10-4-7-18-9-10/h3,6,8,10H,2,4-5,7,9H2,1H3,(H,15,16)/t10-/m0/s1. The first-order valence-corrected chi connectivity index (χ1v) is 6.15. The molecule has 1 fully saturated rings. The predicted octanol–water partition coefficient (Wildman–Crippen LogP) is 1.25. The van der Waals surface area contributed by atoms with Crippen molar-refractivity contribution in [1.29, 1.82) is 0 Å². The Kier molecular flexibility index (Phi) is 4.52. The van der Waals surface area contributed by atoms with E-state index in [1.807, 2.05) is 0 Å². The summed E-state index contributed by atoms with van der Waals surface area (Å²) in [5.41, 5.74) is 0.574. The number of nitrogens with zero attached hydrogens (tertiary/aromatic N) is 1. The summed E-state index contributed by atoms with van der Waals surface area (Å²) in [6.45, 7) is 2.34. The quantitative estimate of drug-likeness (QED) is 0.854. The number of carbonyl (C=O) groups is 1. The molecule has 1 aliphatic heterocycles. The van der Waals surface area contributed by atoms with E-state index in [4.69, 9.17) is 9.47 Å². The summed E-state index contributed by atoms with van der Waals surface area (Å²) in [6.07, 6.45) is 3.63. The summed E-state index contributed by atoms with van der Waals surface area (Å²) >= 11 is 0. The van der Waals surface area contributed by atoms with Crippen LogP contribution in [0.5, 0.6) is 5.88 Å². The maximum atomic E-state index is 11.9. The second-order valence-corrected chi connectivity index (χ2v) is 4.36. The fourth-order valence-corrected chi connectivity index (χ4v) is 1.97. The lowest BCUT2D eigenvalue weighted by Crippen LogP contribution is -2.26. The highest BCUT2D eigenvalue weighted by atomic mass is 16.5. The smallest absolute Gasteiger partial charge is 0.251 e. The molecule has 2 rings (SSSR count). The zero-order valence-corrected chi connectivity index (χ0v) is 10.5. The Bertz CT molecular complexity index is 403. The number of aromatic nitrogens is 1. The van der Waals surface area contributed by atoms with Crippen LogP contribution in [0.25, 0.3) is 0 Å². The van der Waals surface area contributed by atoms with Crippen LogP contribution in [-0.2, 0) is 4.74 Å². The monoisotopic (exact) mass is 250 g/mol. The molecule has 0 radical (unpaired) electrons. The largest absolute Gasteiger partial charge is 0.481 e. The summed E-state index contributed by atoms with van der Waals surface area (Å²) in [4.78, 5) is 15.8. The normalized spacial score (nSPS) is 18.6. The zero-order chi connectivity index (χ0) is 12.8. The number of ether oxygens (including phenoxy) is 2. The number of hydrogen-bond donors (Lipinski definition) is 1. The van der Waals surface area contributed by atoms with Gasteiger partial charge in [0.15, 0.2) is 0 Å². The summed E-state index contributed by atoms with van der Waals surface area (Å²) < 4.78 is 10.3. The molecule has 98 valence electrons. The molecule has 1 atom stereocenters. The first-order valence-electron chi connectivity index (χ1n) is 6.15. The third-order valence-corrected chi connectivity index (χ3v) is 3.07. The number of carbonyl (C=O) groups excluding carboxylic acids is 1. The lowest BCUT2D eigenvalue weighted by molar-refractivity contribution is 0.0950. The number of rotatable bonds is 5. The Balaban J connectivity index is 1.79. The van der Waals surface area contributed by atoms with Crippen LogP contribution < -0.4 is 10.1 Å². The molecule has 1 N–H and O–H groups in total. The minimum atomic E-state index is -0.0883. The van der Waals surface area contributed by atoms with Gasteiger partial charge in [0, 0.05) is 37.6 Å². The molecule has 2 heterocycles. The Labute approximate surface area is 107 Å². The van der Waals surface area contributed by atoms with Crippen LogP contribution in [-0.4, -0.2) is 37.8 Å². The molecule has 5 nitrogen and oxygen atoms in total. The number of methoxy groups -OCH3 is 1. The van der Waals surface area contributed by atoms with Gasteiger partial charge in [0.05, 0.1) is 7.11 Å². The van der Waals surface area contributed by atoms with Crippen LogP contribution >= 0.6 is 0 Å². The second kappa shape index (κ2) is 6.35. The van der Waals surface area contributed by atoms with E-state index >= 15 is 0 Å². The van der Waals surface area contributed by atoms with Crippen LogP contribution in [0.2, 0.25) is 0 Å². The third kappa shape index (κ3) is 3.43. The molecule has 18 heavy (non-hydrogen) atoms. The van der Waals surface area contributed by atoms with Crippen LogP contribution in [0.4, 0.5) is 0 Å². The Morgan fingerprint density at radius 2 is 2.56 bits per heavy atom. The molecule has 0 unspecified atom stereocenters. The molecule has 5 heteroatoms. The van der Waals surface area contributed by atoms with Crippen molar-refractivity contribution < 1.29 is 14.3 Å². The first-order chi connectivity index (χ1) is 8.79. The highest BCUT2D eigenvalue weighted by Gasteiger charge is 2.15. The van der Waals surface area contributed by atoms with E-state index in [0.717, 1.165) is 26.1 Å². The number of amides is 1. The lowest BCUT2D eigenvalue weighted by atomic mass is 10.1. The molecule has 1 amide bonds. The molecule has 1 saturated heterocycles. The van der Waals surface area contributed by atoms with Crippen molar-refractivity contribution in [3.8, 4) is 5.88 Å². The van der Waals surface area contributed by atoms with Gasteiger partial charge in [-0.15, -0.1) is 0 Å². The van der Waals surface area contributed by atoms with E-state index in [1.54, 1.807) is 18.3 Å². The fourth-order valence-electron chi connectivity index (χ4n) is 1.97. The topological polar surface area (TPSA) is 60.5 Å². The van der Waals surface area contributed by atoms with Gasteiger partial charge in [-0.25, -0.2) is 4.98 Å². The minimum absolute atomic E-state index is 0.0883.